The molecule has 4 nitrogen and oxygen atoms in total. The van der Waals surface area contributed by atoms with Crippen LogP contribution in [0.25, 0.3) is 0 Å². The number of nitrogens with zero attached hydrogens (tertiary/aromatic N) is 1. The molecule has 1 heterocycles. The summed E-state index contributed by atoms with van der Waals surface area (Å²) < 4.78 is 5.17. The van der Waals surface area contributed by atoms with Crippen LogP contribution >= 0.6 is 11.3 Å². The van der Waals surface area contributed by atoms with Crippen LogP contribution in [0.1, 0.15) is 28.9 Å². The second kappa shape index (κ2) is 5.51. The Balaban J connectivity index is 2.15. The third-order valence-electron chi connectivity index (χ3n) is 3.16. The van der Waals surface area contributed by atoms with E-state index in [1.54, 1.807) is 18.1 Å². The van der Waals surface area contributed by atoms with Crippen molar-refractivity contribution < 1.29 is 14.6 Å². The number of hydrogen-bond donors (Lipinski definition) is 1. The van der Waals surface area contributed by atoms with Crippen molar-refractivity contribution in [2.24, 2.45) is 0 Å². The van der Waals surface area contributed by atoms with Crippen LogP contribution in [0.15, 0.2) is 11.4 Å². The van der Waals surface area contributed by atoms with Crippen molar-refractivity contribution in [2.75, 3.05) is 20.3 Å². The van der Waals surface area contributed by atoms with E-state index >= 15 is 0 Å². The molecule has 17 heavy (non-hydrogen) atoms. The van der Waals surface area contributed by atoms with Gasteiger partial charge in [0, 0.05) is 12.6 Å². The number of aliphatic hydroxyl groups excluding tert-OH is 1. The number of aliphatic hydroxyl groups is 1. The van der Waals surface area contributed by atoms with Crippen LogP contribution in [0.3, 0.4) is 0 Å². The molecule has 1 saturated carbocycles. The molecule has 94 valence electrons. The smallest absolute Gasteiger partial charge is 0.268 e. The molecule has 1 fully saturated rings. The van der Waals surface area contributed by atoms with E-state index in [1.165, 1.54) is 17.8 Å². The fourth-order valence-electron chi connectivity index (χ4n) is 2.00. The van der Waals surface area contributed by atoms with E-state index in [9.17, 15) is 4.79 Å². The Morgan fingerprint density at radius 1 is 1.65 bits per heavy atom. The highest BCUT2D eigenvalue weighted by Gasteiger charge is 2.30. The summed E-state index contributed by atoms with van der Waals surface area (Å²) >= 11 is 1.39. The second-order valence-electron chi connectivity index (χ2n) is 4.12. The Morgan fingerprint density at radius 3 is 2.94 bits per heavy atom. The molecule has 0 bridgehead atoms. The normalized spacial score (nSPS) is 15.4. The van der Waals surface area contributed by atoms with E-state index < -0.39 is 0 Å². The summed E-state index contributed by atoms with van der Waals surface area (Å²) in [5.74, 6) is 0.609. The molecule has 0 unspecified atom stereocenters. The number of carbonyl (C=O) groups excluding carboxylic acids is 1. The van der Waals surface area contributed by atoms with Crippen molar-refractivity contribution in [1.82, 2.24) is 4.90 Å². The van der Waals surface area contributed by atoms with Gasteiger partial charge in [0.15, 0.2) is 0 Å². The van der Waals surface area contributed by atoms with Crippen molar-refractivity contribution in [1.29, 1.82) is 0 Å². The summed E-state index contributed by atoms with van der Waals surface area (Å²) in [7, 11) is 1.57. The van der Waals surface area contributed by atoms with E-state index in [0.29, 0.717) is 23.2 Å². The molecular formula is C12H17NO3S. The van der Waals surface area contributed by atoms with Gasteiger partial charge in [0.1, 0.15) is 10.6 Å². The van der Waals surface area contributed by atoms with E-state index in [0.717, 1.165) is 12.8 Å². The summed E-state index contributed by atoms with van der Waals surface area (Å²) in [6.45, 7) is 0.417. The van der Waals surface area contributed by atoms with Gasteiger partial charge in [-0.1, -0.05) is 0 Å². The molecule has 1 aromatic heterocycles. The Bertz CT molecular complexity index is 387. The van der Waals surface area contributed by atoms with Gasteiger partial charge in [0.25, 0.3) is 5.91 Å². The van der Waals surface area contributed by atoms with Gasteiger partial charge < -0.3 is 14.7 Å². The van der Waals surface area contributed by atoms with Crippen molar-refractivity contribution in [2.45, 2.75) is 25.3 Å². The van der Waals surface area contributed by atoms with E-state index in [-0.39, 0.29) is 12.5 Å². The molecule has 2 rings (SSSR count). The molecule has 1 aliphatic rings. The second-order valence-corrected chi connectivity index (χ2v) is 5.04. The van der Waals surface area contributed by atoms with Crippen molar-refractivity contribution in [3.8, 4) is 5.75 Å². The minimum absolute atomic E-state index is 0.00985. The Kier molecular flexibility index (Phi) is 4.02. The minimum atomic E-state index is -0.0180. The first-order valence-electron chi connectivity index (χ1n) is 5.81. The van der Waals surface area contributed by atoms with Gasteiger partial charge in [-0.15, -0.1) is 11.3 Å². The Labute approximate surface area is 105 Å². The van der Waals surface area contributed by atoms with Crippen molar-refractivity contribution in [3.63, 3.8) is 0 Å². The molecule has 0 saturated heterocycles. The van der Waals surface area contributed by atoms with E-state index in [2.05, 4.69) is 0 Å². The van der Waals surface area contributed by atoms with E-state index in [4.69, 9.17) is 9.84 Å². The van der Waals surface area contributed by atoms with Gasteiger partial charge in [-0.05, 0) is 30.7 Å². The van der Waals surface area contributed by atoms with Crippen LogP contribution in [0, 0.1) is 0 Å². The molecule has 0 spiro atoms. The third-order valence-corrected chi connectivity index (χ3v) is 4.04. The fourth-order valence-corrected chi connectivity index (χ4v) is 2.81. The highest BCUT2D eigenvalue weighted by molar-refractivity contribution is 7.12. The predicted octanol–water partition coefficient (Wildman–Crippen LogP) is 1.74. The number of ether oxygens (including phenoxy) is 1. The zero-order valence-corrected chi connectivity index (χ0v) is 10.7. The monoisotopic (exact) mass is 255 g/mol. The lowest BCUT2D eigenvalue weighted by atomic mass is 9.91. The lowest BCUT2D eigenvalue weighted by Gasteiger charge is -2.37. The molecule has 1 amide bonds. The van der Waals surface area contributed by atoms with Gasteiger partial charge in [-0.2, -0.15) is 0 Å². The van der Waals surface area contributed by atoms with Crippen molar-refractivity contribution >= 4 is 17.2 Å². The van der Waals surface area contributed by atoms with Crippen LogP contribution in [0.5, 0.6) is 5.75 Å². The van der Waals surface area contributed by atoms with Gasteiger partial charge >= 0.3 is 0 Å². The highest BCUT2D eigenvalue weighted by Crippen LogP contribution is 2.30. The maximum Gasteiger partial charge on any atom is 0.268 e. The Hall–Kier alpha value is -1.07. The van der Waals surface area contributed by atoms with Crippen LogP contribution < -0.4 is 4.74 Å². The number of methoxy groups -OCH3 is 1. The Morgan fingerprint density at radius 2 is 2.41 bits per heavy atom. The summed E-state index contributed by atoms with van der Waals surface area (Å²) in [5, 5.41) is 10.9. The molecule has 1 aromatic rings. The van der Waals surface area contributed by atoms with Gasteiger partial charge in [-0.25, -0.2) is 0 Å². The number of amides is 1. The first-order valence-corrected chi connectivity index (χ1v) is 6.69. The fraction of sp³-hybridized carbons (Fsp3) is 0.583. The number of thiophene rings is 1. The lowest BCUT2D eigenvalue weighted by molar-refractivity contribution is 0.0528. The summed E-state index contributed by atoms with van der Waals surface area (Å²) in [6, 6.07) is 2.09. The third kappa shape index (κ3) is 2.45. The first kappa shape index (κ1) is 12.4. The first-order chi connectivity index (χ1) is 8.27. The average molecular weight is 255 g/mol. The predicted molar refractivity (Wildman–Crippen MR) is 66.6 cm³/mol. The van der Waals surface area contributed by atoms with Crippen LogP contribution in [-0.2, 0) is 0 Å². The zero-order valence-electron chi connectivity index (χ0n) is 9.89. The van der Waals surface area contributed by atoms with Crippen molar-refractivity contribution in [3.05, 3.63) is 16.3 Å². The van der Waals surface area contributed by atoms with Gasteiger partial charge in [-0.3, -0.25) is 4.79 Å². The average Bonchev–Trinajstić information content (AvgIpc) is 2.73. The molecule has 1 aliphatic carbocycles. The van der Waals surface area contributed by atoms with Crippen LogP contribution in [-0.4, -0.2) is 42.2 Å². The summed E-state index contributed by atoms with van der Waals surface area (Å²) in [5.41, 5.74) is 0. The van der Waals surface area contributed by atoms with Gasteiger partial charge in [0.05, 0.1) is 13.7 Å². The minimum Gasteiger partial charge on any atom is -0.495 e. The summed E-state index contributed by atoms with van der Waals surface area (Å²) in [6.07, 6.45) is 3.25. The standard InChI is InChI=1S/C12H17NO3S/c1-16-10-5-8-17-11(10)12(15)13(6-7-14)9-3-2-4-9/h5,8-9,14H,2-4,6-7H2,1H3. The molecule has 0 aromatic carbocycles. The largest absolute Gasteiger partial charge is 0.495 e. The number of hydrogen-bond acceptors (Lipinski definition) is 4. The molecule has 0 aliphatic heterocycles. The maximum atomic E-state index is 12.4. The van der Waals surface area contributed by atoms with Crippen LogP contribution in [0.4, 0.5) is 0 Å². The van der Waals surface area contributed by atoms with E-state index in [1.807, 2.05) is 5.38 Å². The SMILES string of the molecule is COc1ccsc1C(=O)N(CCO)C1CCC1. The van der Waals surface area contributed by atoms with Crippen LogP contribution in [0.2, 0.25) is 0 Å². The summed E-state index contributed by atoms with van der Waals surface area (Å²) in [4.78, 5) is 14.8. The lowest BCUT2D eigenvalue weighted by Crippen LogP contribution is -2.45. The maximum absolute atomic E-state index is 12.4. The zero-order chi connectivity index (χ0) is 12.3. The molecular weight excluding hydrogens is 238 g/mol. The topological polar surface area (TPSA) is 49.8 Å². The number of carbonyl (C=O) groups is 1. The van der Waals surface area contributed by atoms with Gasteiger partial charge in [0.2, 0.25) is 0 Å². The molecule has 0 atom stereocenters. The molecule has 1 N–H and O–H groups in total. The molecule has 0 radical (unpaired) electrons. The molecule has 5 heteroatoms. The number of rotatable bonds is 5. The quantitative estimate of drug-likeness (QED) is 0.872. The highest BCUT2D eigenvalue weighted by atomic mass is 32.1.